The van der Waals surface area contributed by atoms with E-state index in [1.165, 1.54) is 13.2 Å². The number of ether oxygens (including phenoxy) is 1. The van der Waals surface area contributed by atoms with Crippen molar-refractivity contribution in [3.63, 3.8) is 0 Å². The first-order valence-electron chi connectivity index (χ1n) is 3.83. The zero-order chi connectivity index (χ0) is 10.7. The second-order valence-corrected chi connectivity index (χ2v) is 2.87. The van der Waals surface area contributed by atoms with Gasteiger partial charge in [-0.15, -0.1) is 11.6 Å². The van der Waals surface area contributed by atoms with Crippen LogP contribution in [0.15, 0.2) is 12.1 Å². The van der Waals surface area contributed by atoms with Gasteiger partial charge in [-0.05, 0) is 12.1 Å². The topological polar surface area (TPSA) is 52.3 Å². The van der Waals surface area contributed by atoms with Crippen molar-refractivity contribution in [1.29, 1.82) is 0 Å². The molecular weight excluding hydrogens is 209 g/mol. The number of carbonyl (C=O) groups excluding carboxylic acids is 1. The van der Waals surface area contributed by atoms with E-state index in [9.17, 15) is 9.18 Å². The summed E-state index contributed by atoms with van der Waals surface area (Å²) in [4.78, 5) is 11.3. The normalized spacial score (nSPS) is 9.93. The van der Waals surface area contributed by atoms with Gasteiger partial charge in [0.1, 0.15) is 5.82 Å². The number of nitrogen functional groups attached to an aromatic ring is 1. The van der Waals surface area contributed by atoms with Crippen LogP contribution in [-0.4, -0.2) is 18.8 Å². The number of rotatable bonds is 3. The lowest BCUT2D eigenvalue weighted by atomic mass is 10.1. The van der Waals surface area contributed by atoms with Crippen LogP contribution in [0.2, 0.25) is 0 Å². The molecule has 1 aromatic rings. The minimum absolute atomic E-state index is 0.0376. The molecule has 0 aromatic heterocycles. The van der Waals surface area contributed by atoms with Crippen LogP contribution in [0.3, 0.4) is 0 Å². The van der Waals surface area contributed by atoms with E-state index in [2.05, 4.69) is 0 Å². The van der Waals surface area contributed by atoms with E-state index in [1.54, 1.807) is 0 Å². The third kappa shape index (κ3) is 1.80. The maximum absolute atomic E-state index is 13.2. The van der Waals surface area contributed by atoms with Crippen LogP contribution in [0.25, 0.3) is 0 Å². The van der Waals surface area contributed by atoms with Crippen LogP contribution in [-0.2, 0) is 0 Å². The van der Waals surface area contributed by atoms with Crippen molar-refractivity contribution in [2.24, 2.45) is 0 Å². The summed E-state index contributed by atoms with van der Waals surface area (Å²) in [5.41, 5.74) is 5.52. The van der Waals surface area contributed by atoms with Gasteiger partial charge in [0.05, 0.1) is 24.2 Å². The van der Waals surface area contributed by atoms with Crippen LogP contribution in [0.5, 0.6) is 5.75 Å². The number of benzene rings is 1. The van der Waals surface area contributed by atoms with Gasteiger partial charge in [0.15, 0.2) is 11.5 Å². The van der Waals surface area contributed by atoms with E-state index >= 15 is 0 Å². The predicted octanol–water partition coefficient (Wildman–Crippen LogP) is 1.84. The van der Waals surface area contributed by atoms with Gasteiger partial charge in [0.2, 0.25) is 0 Å². The fourth-order valence-electron chi connectivity index (χ4n) is 1.12. The molecule has 0 aliphatic carbocycles. The Labute approximate surface area is 85.6 Å². The maximum Gasteiger partial charge on any atom is 0.184 e. The molecule has 0 saturated heterocycles. The Bertz CT molecular complexity index is 368. The standard InChI is InChI=1S/C9H9ClFNO2/c1-14-9-6(12)3-2-5(11)8(9)7(13)4-10/h2-3H,4,12H2,1H3. The lowest BCUT2D eigenvalue weighted by Gasteiger charge is -2.09. The Morgan fingerprint density at radius 3 is 2.79 bits per heavy atom. The van der Waals surface area contributed by atoms with Crippen molar-refractivity contribution in [2.45, 2.75) is 0 Å². The van der Waals surface area contributed by atoms with Crippen molar-refractivity contribution in [1.82, 2.24) is 0 Å². The van der Waals surface area contributed by atoms with E-state index in [0.29, 0.717) is 0 Å². The van der Waals surface area contributed by atoms with Crippen LogP contribution in [0.1, 0.15) is 10.4 Å². The van der Waals surface area contributed by atoms with Crippen LogP contribution in [0, 0.1) is 5.82 Å². The zero-order valence-corrected chi connectivity index (χ0v) is 8.27. The molecule has 1 rings (SSSR count). The van der Waals surface area contributed by atoms with Crippen molar-refractivity contribution in [2.75, 3.05) is 18.7 Å². The molecule has 2 N–H and O–H groups in total. The Balaban J connectivity index is 3.37. The van der Waals surface area contributed by atoms with Crippen molar-refractivity contribution < 1.29 is 13.9 Å². The third-order valence-electron chi connectivity index (χ3n) is 1.74. The molecule has 0 saturated carbocycles. The SMILES string of the molecule is COc1c(N)ccc(F)c1C(=O)CCl. The lowest BCUT2D eigenvalue weighted by molar-refractivity contribution is 0.101. The Kier molecular flexibility index (Phi) is 3.30. The molecule has 0 aliphatic heterocycles. The van der Waals surface area contributed by atoms with Crippen molar-refractivity contribution >= 4 is 23.1 Å². The minimum Gasteiger partial charge on any atom is -0.494 e. The van der Waals surface area contributed by atoms with E-state index in [4.69, 9.17) is 22.1 Å². The summed E-state index contributed by atoms with van der Waals surface area (Å²) in [5, 5.41) is 0. The molecule has 0 unspecified atom stereocenters. The zero-order valence-electron chi connectivity index (χ0n) is 7.51. The molecule has 0 heterocycles. The largest absolute Gasteiger partial charge is 0.494 e. The molecule has 5 heteroatoms. The first kappa shape index (κ1) is 10.8. The van der Waals surface area contributed by atoms with Gasteiger partial charge in [-0.3, -0.25) is 4.79 Å². The van der Waals surface area contributed by atoms with Crippen molar-refractivity contribution in [3.05, 3.63) is 23.5 Å². The quantitative estimate of drug-likeness (QED) is 0.478. The van der Waals surface area contributed by atoms with E-state index < -0.39 is 11.6 Å². The predicted molar refractivity (Wildman–Crippen MR) is 52.4 cm³/mol. The number of methoxy groups -OCH3 is 1. The average Bonchev–Trinajstić information content (AvgIpc) is 2.19. The van der Waals surface area contributed by atoms with Gasteiger partial charge in [-0.1, -0.05) is 0 Å². The smallest absolute Gasteiger partial charge is 0.184 e. The molecule has 0 amide bonds. The second-order valence-electron chi connectivity index (χ2n) is 2.60. The number of alkyl halides is 1. The molecule has 0 atom stereocenters. The molecule has 0 radical (unpaired) electrons. The fraction of sp³-hybridized carbons (Fsp3) is 0.222. The molecule has 3 nitrogen and oxygen atoms in total. The summed E-state index contributed by atoms with van der Waals surface area (Å²) in [5.74, 6) is -1.50. The molecule has 1 aromatic carbocycles. The highest BCUT2D eigenvalue weighted by Crippen LogP contribution is 2.28. The second kappa shape index (κ2) is 4.28. The number of carbonyl (C=O) groups is 1. The molecule has 76 valence electrons. The Morgan fingerprint density at radius 2 is 2.29 bits per heavy atom. The van der Waals surface area contributed by atoms with Crippen LogP contribution in [0.4, 0.5) is 10.1 Å². The first-order chi connectivity index (χ1) is 6.61. The monoisotopic (exact) mass is 217 g/mol. The summed E-state index contributed by atoms with van der Waals surface area (Å²) in [6.07, 6.45) is 0. The summed E-state index contributed by atoms with van der Waals surface area (Å²) in [7, 11) is 1.32. The number of nitrogens with two attached hydrogens (primary N) is 1. The number of hydrogen-bond donors (Lipinski definition) is 1. The summed E-state index contributed by atoms with van der Waals surface area (Å²) in [6.45, 7) is 0. The van der Waals surface area contributed by atoms with Gasteiger partial charge < -0.3 is 10.5 Å². The van der Waals surface area contributed by atoms with Crippen LogP contribution >= 0.6 is 11.6 Å². The highest BCUT2D eigenvalue weighted by molar-refractivity contribution is 6.31. The molecule has 0 bridgehead atoms. The highest BCUT2D eigenvalue weighted by atomic mass is 35.5. The van der Waals surface area contributed by atoms with E-state index in [0.717, 1.165) is 6.07 Å². The van der Waals surface area contributed by atoms with E-state index in [1.807, 2.05) is 0 Å². The number of Topliss-reactive ketones (excluding diaryl/α,β-unsaturated/α-hetero) is 1. The van der Waals surface area contributed by atoms with Gasteiger partial charge in [-0.25, -0.2) is 4.39 Å². The molecule has 0 aliphatic rings. The fourth-order valence-corrected chi connectivity index (χ4v) is 1.25. The average molecular weight is 218 g/mol. The summed E-state index contributed by atoms with van der Waals surface area (Å²) < 4.78 is 18.1. The third-order valence-corrected chi connectivity index (χ3v) is 1.98. The summed E-state index contributed by atoms with van der Waals surface area (Å²) in [6, 6.07) is 2.44. The molecule has 14 heavy (non-hydrogen) atoms. The van der Waals surface area contributed by atoms with Gasteiger partial charge in [-0.2, -0.15) is 0 Å². The number of halogens is 2. The van der Waals surface area contributed by atoms with Gasteiger partial charge in [0, 0.05) is 0 Å². The Hall–Kier alpha value is -1.29. The molecule has 0 fully saturated rings. The molecule has 0 spiro atoms. The Morgan fingerprint density at radius 1 is 1.64 bits per heavy atom. The molecular formula is C9H9ClFNO2. The number of anilines is 1. The van der Waals surface area contributed by atoms with Crippen molar-refractivity contribution in [3.8, 4) is 5.75 Å². The first-order valence-corrected chi connectivity index (χ1v) is 4.36. The number of hydrogen-bond acceptors (Lipinski definition) is 3. The lowest BCUT2D eigenvalue weighted by Crippen LogP contribution is -2.08. The maximum atomic E-state index is 13.2. The number of ketones is 1. The summed E-state index contributed by atoms with van der Waals surface area (Å²) >= 11 is 5.33. The minimum atomic E-state index is -0.679. The van der Waals surface area contributed by atoms with Gasteiger partial charge in [0.25, 0.3) is 0 Å². The van der Waals surface area contributed by atoms with E-state index in [-0.39, 0.29) is 22.9 Å². The van der Waals surface area contributed by atoms with Gasteiger partial charge >= 0.3 is 0 Å². The highest BCUT2D eigenvalue weighted by Gasteiger charge is 2.18. The van der Waals surface area contributed by atoms with Crippen LogP contribution < -0.4 is 10.5 Å².